The molecule has 8 heteroatoms. The minimum atomic E-state index is -1.14. The fourth-order valence-corrected chi connectivity index (χ4v) is 5.24. The molecule has 0 fully saturated rings. The van der Waals surface area contributed by atoms with Crippen LogP contribution in [0.2, 0.25) is 0 Å². The average Bonchev–Trinajstić information content (AvgIpc) is 3.11. The predicted octanol–water partition coefficient (Wildman–Crippen LogP) is 9.24. The van der Waals surface area contributed by atoms with E-state index in [4.69, 9.17) is 14.2 Å². The van der Waals surface area contributed by atoms with Gasteiger partial charge in [-0.05, 0) is 70.6 Å². The molecule has 0 saturated heterocycles. The van der Waals surface area contributed by atoms with Crippen molar-refractivity contribution < 1.29 is 38.2 Å². The minimum Gasteiger partial charge on any atom is -0.544 e. The molecule has 0 aliphatic carbocycles. The van der Waals surface area contributed by atoms with Crippen LogP contribution in [-0.2, 0) is 28.6 Å². The number of quaternary nitrogens is 1. The van der Waals surface area contributed by atoms with Crippen molar-refractivity contribution in [2.24, 2.45) is 0 Å². The second kappa shape index (κ2) is 35.5. The summed E-state index contributed by atoms with van der Waals surface area (Å²) in [7, 11) is 5.37. The van der Waals surface area contributed by atoms with Crippen LogP contribution in [0.15, 0.2) is 85.1 Å². The van der Waals surface area contributed by atoms with E-state index in [0.29, 0.717) is 12.8 Å². The molecule has 0 aromatic heterocycles. The zero-order valence-corrected chi connectivity index (χ0v) is 33.9. The zero-order chi connectivity index (χ0) is 39.3. The molecule has 8 nitrogen and oxygen atoms in total. The van der Waals surface area contributed by atoms with Gasteiger partial charge in [0.05, 0.1) is 40.3 Å². The Hall–Kier alpha value is -3.49. The average molecular weight is 740 g/mol. The summed E-state index contributed by atoms with van der Waals surface area (Å²) in [6.45, 7) is 4.32. The second-order valence-electron chi connectivity index (χ2n) is 14.2. The summed E-state index contributed by atoms with van der Waals surface area (Å²) in [5, 5.41) is 11.6. The number of ether oxygens (including phenoxy) is 3. The summed E-state index contributed by atoms with van der Waals surface area (Å²) in [6, 6.07) is -0.739. The van der Waals surface area contributed by atoms with E-state index >= 15 is 0 Å². The number of likely N-dealkylation sites (N-methyl/N-ethyl adjacent to an activating group) is 1. The fraction of sp³-hybridized carbons (Fsp3) is 0.622. The first-order valence-corrected chi connectivity index (χ1v) is 20.1. The van der Waals surface area contributed by atoms with Crippen molar-refractivity contribution in [2.45, 2.75) is 142 Å². The third-order valence-electron chi connectivity index (χ3n) is 8.34. The third kappa shape index (κ3) is 34.1. The van der Waals surface area contributed by atoms with E-state index in [1.165, 1.54) is 0 Å². The Balaban J connectivity index is 4.51. The number of carboxylic acid groups (broad SMARTS) is 1. The number of carboxylic acids is 1. The molecule has 0 amide bonds. The Bertz CT molecular complexity index is 1140. The smallest absolute Gasteiger partial charge is 0.306 e. The summed E-state index contributed by atoms with van der Waals surface area (Å²) in [5.74, 6) is -1.82. The molecule has 0 aromatic carbocycles. The number of allylic oxidation sites excluding steroid dienone is 14. The Morgan fingerprint density at radius 3 is 1.70 bits per heavy atom. The Morgan fingerprint density at radius 2 is 1.09 bits per heavy atom. The first-order valence-electron chi connectivity index (χ1n) is 20.1. The second-order valence-corrected chi connectivity index (χ2v) is 14.2. The van der Waals surface area contributed by atoms with Crippen LogP contribution in [0.5, 0.6) is 0 Å². The molecule has 300 valence electrons. The molecule has 2 atom stereocenters. The first kappa shape index (κ1) is 49.5. The molecule has 0 bridgehead atoms. The standard InChI is InChI=1S/C45H73NO7/c1-6-8-10-12-14-16-18-20-21-22-24-26-28-30-32-34-36-44(48)53-41(39-51-38-37-42(45(49)50)46(3,4)5)40-52-43(47)35-33-31-29-27-25-23-19-17-15-13-11-9-7-2/h8-11,13-17,19-21,24,26,41-42H,6-7,12,18,22-23,25,27-40H2,1-5H3/b10-8+,11-9+,15-13+,16-14+,19-17+,21-20+,26-24+. The van der Waals surface area contributed by atoms with Crippen LogP contribution < -0.4 is 5.11 Å². The van der Waals surface area contributed by atoms with E-state index in [2.05, 4.69) is 86.8 Å². The Morgan fingerprint density at radius 1 is 0.585 bits per heavy atom. The lowest BCUT2D eigenvalue weighted by molar-refractivity contribution is -0.889. The molecule has 53 heavy (non-hydrogen) atoms. The maximum absolute atomic E-state index is 12.7. The van der Waals surface area contributed by atoms with E-state index in [1.807, 2.05) is 12.2 Å². The number of rotatable bonds is 34. The van der Waals surface area contributed by atoms with Crippen LogP contribution in [0, 0.1) is 0 Å². The molecule has 0 rings (SSSR count). The molecular formula is C45H73NO7. The number of carbonyl (C=O) groups is 3. The summed E-state index contributed by atoms with van der Waals surface area (Å²) in [6.07, 6.45) is 44.7. The van der Waals surface area contributed by atoms with E-state index in [1.54, 1.807) is 21.1 Å². The maximum Gasteiger partial charge on any atom is 0.306 e. The number of hydrogen-bond donors (Lipinski definition) is 0. The molecule has 2 unspecified atom stereocenters. The highest BCUT2D eigenvalue weighted by Gasteiger charge is 2.25. The predicted molar refractivity (Wildman–Crippen MR) is 217 cm³/mol. The lowest BCUT2D eigenvalue weighted by Crippen LogP contribution is -2.55. The van der Waals surface area contributed by atoms with Gasteiger partial charge in [-0.15, -0.1) is 0 Å². The van der Waals surface area contributed by atoms with Crippen molar-refractivity contribution >= 4 is 17.9 Å². The normalized spacial score (nSPS) is 13.9. The molecule has 0 heterocycles. The van der Waals surface area contributed by atoms with Gasteiger partial charge >= 0.3 is 11.9 Å². The van der Waals surface area contributed by atoms with Crippen LogP contribution in [0.1, 0.15) is 129 Å². The van der Waals surface area contributed by atoms with E-state index in [9.17, 15) is 19.5 Å². The van der Waals surface area contributed by atoms with E-state index < -0.39 is 18.1 Å². The third-order valence-corrected chi connectivity index (χ3v) is 8.34. The molecule has 0 aromatic rings. The van der Waals surface area contributed by atoms with Crippen LogP contribution in [0.25, 0.3) is 0 Å². The van der Waals surface area contributed by atoms with Gasteiger partial charge in [-0.1, -0.05) is 125 Å². The minimum absolute atomic E-state index is 0.0153. The molecule has 0 aliphatic heterocycles. The van der Waals surface area contributed by atoms with Crippen molar-refractivity contribution in [3.63, 3.8) is 0 Å². The molecule has 0 spiro atoms. The van der Waals surface area contributed by atoms with Gasteiger partial charge < -0.3 is 28.6 Å². The Kier molecular flexibility index (Phi) is 33.2. The van der Waals surface area contributed by atoms with E-state index in [-0.39, 0.29) is 49.1 Å². The number of unbranched alkanes of at least 4 members (excludes halogenated alkanes) is 8. The van der Waals surface area contributed by atoms with Gasteiger partial charge in [0, 0.05) is 19.3 Å². The van der Waals surface area contributed by atoms with Crippen molar-refractivity contribution in [2.75, 3.05) is 41.0 Å². The van der Waals surface area contributed by atoms with Gasteiger partial charge in [0.2, 0.25) is 0 Å². The summed E-state index contributed by atoms with van der Waals surface area (Å²) < 4.78 is 17.1. The Labute approximate surface area is 323 Å². The molecule has 0 N–H and O–H groups in total. The number of nitrogens with zero attached hydrogens (tertiary/aromatic N) is 1. The SMILES string of the molecule is CC/C=C/C=C/C=C/CCCCCCCC(=O)OCC(COCCC(C(=O)[O-])[N+](C)(C)C)OC(=O)CCCCC/C=C/C/C=C/C/C=C/C/C=C/CC. The van der Waals surface area contributed by atoms with Gasteiger partial charge in [-0.2, -0.15) is 0 Å². The van der Waals surface area contributed by atoms with Crippen LogP contribution in [0.4, 0.5) is 0 Å². The van der Waals surface area contributed by atoms with Crippen molar-refractivity contribution in [3.05, 3.63) is 85.1 Å². The highest BCUT2D eigenvalue weighted by atomic mass is 16.6. The van der Waals surface area contributed by atoms with Gasteiger partial charge in [0.1, 0.15) is 12.6 Å². The lowest BCUT2D eigenvalue weighted by atomic mass is 10.1. The molecular weight excluding hydrogens is 666 g/mol. The monoisotopic (exact) mass is 740 g/mol. The maximum atomic E-state index is 12.7. The van der Waals surface area contributed by atoms with Crippen LogP contribution in [-0.4, -0.2) is 75.5 Å². The summed E-state index contributed by atoms with van der Waals surface area (Å²) >= 11 is 0. The highest BCUT2D eigenvalue weighted by Crippen LogP contribution is 2.12. The first-order chi connectivity index (χ1) is 25.6. The number of hydrogen-bond acceptors (Lipinski definition) is 7. The number of esters is 2. The van der Waals surface area contributed by atoms with Gasteiger partial charge in [0.15, 0.2) is 6.10 Å². The fourth-order valence-electron chi connectivity index (χ4n) is 5.24. The molecule has 0 radical (unpaired) electrons. The van der Waals surface area contributed by atoms with Crippen molar-refractivity contribution in [3.8, 4) is 0 Å². The highest BCUT2D eigenvalue weighted by molar-refractivity contribution is 5.70. The quantitative estimate of drug-likeness (QED) is 0.0213. The topological polar surface area (TPSA) is 102 Å². The molecule has 0 aliphatic rings. The van der Waals surface area contributed by atoms with Crippen molar-refractivity contribution in [1.29, 1.82) is 0 Å². The van der Waals surface area contributed by atoms with E-state index in [0.717, 1.165) is 89.9 Å². The molecule has 0 saturated carbocycles. The summed E-state index contributed by atoms with van der Waals surface area (Å²) in [5.41, 5.74) is 0. The van der Waals surface area contributed by atoms with Gasteiger partial charge in [0.25, 0.3) is 0 Å². The zero-order valence-electron chi connectivity index (χ0n) is 33.9. The van der Waals surface area contributed by atoms with Gasteiger partial charge in [-0.3, -0.25) is 9.59 Å². The summed E-state index contributed by atoms with van der Waals surface area (Å²) in [4.78, 5) is 36.7. The van der Waals surface area contributed by atoms with Gasteiger partial charge in [-0.25, -0.2) is 0 Å². The largest absolute Gasteiger partial charge is 0.544 e. The lowest BCUT2D eigenvalue weighted by Gasteiger charge is -2.34. The van der Waals surface area contributed by atoms with Crippen LogP contribution in [0.3, 0.4) is 0 Å². The number of aliphatic carboxylic acids is 1. The van der Waals surface area contributed by atoms with Crippen molar-refractivity contribution in [1.82, 2.24) is 0 Å². The number of carbonyl (C=O) groups excluding carboxylic acids is 3. The van der Waals surface area contributed by atoms with Crippen LogP contribution >= 0.6 is 0 Å².